The monoisotopic (exact) mass is 331 g/mol. The minimum absolute atomic E-state index is 0.153. The van der Waals surface area contributed by atoms with E-state index >= 15 is 0 Å². The van der Waals surface area contributed by atoms with E-state index in [0.29, 0.717) is 0 Å². The molecule has 0 unspecified atom stereocenters. The number of halogens is 1. The normalized spacial score (nSPS) is 10.5. The van der Waals surface area contributed by atoms with Gasteiger partial charge in [0.25, 0.3) is 5.69 Å². The topological polar surface area (TPSA) is 84.3 Å². The standard InChI is InChI=1S/C16H14ClN3O3/c1-11-4-2-3-5-12(11)8-9-18-16(21)19-15-10-13(20(22)23)6-7-14(15)17/h2-10H,1H3,(H2,18,19,21)/b9-8+. The third-order valence-electron chi connectivity index (χ3n) is 3.07. The van der Waals surface area contributed by atoms with Crippen molar-refractivity contribution in [2.75, 3.05) is 5.32 Å². The van der Waals surface area contributed by atoms with Crippen LogP contribution < -0.4 is 10.6 Å². The molecule has 0 atom stereocenters. The molecule has 2 N–H and O–H groups in total. The molecule has 2 aromatic carbocycles. The summed E-state index contributed by atoms with van der Waals surface area (Å²) >= 11 is 5.91. The fraction of sp³-hybridized carbons (Fsp3) is 0.0625. The summed E-state index contributed by atoms with van der Waals surface area (Å²) in [6.45, 7) is 1.96. The van der Waals surface area contributed by atoms with E-state index in [-0.39, 0.29) is 16.4 Å². The van der Waals surface area contributed by atoms with Crippen LogP contribution in [0.1, 0.15) is 11.1 Å². The Hall–Kier alpha value is -2.86. The van der Waals surface area contributed by atoms with Gasteiger partial charge in [-0.15, -0.1) is 0 Å². The van der Waals surface area contributed by atoms with Crippen LogP contribution in [0.25, 0.3) is 6.08 Å². The molecule has 118 valence electrons. The van der Waals surface area contributed by atoms with Crippen LogP contribution in [0, 0.1) is 17.0 Å². The van der Waals surface area contributed by atoms with Gasteiger partial charge in [0.05, 0.1) is 15.6 Å². The van der Waals surface area contributed by atoms with Gasteiger partial charge in [-0.2, -0.15) is 0 Å². The minimum Gasteiger partial charge on any atom is -0.314 e. The van der Waals surface area contributed by atoms with Gasteiger partial charge in [-0.3, -0.25) is 10.1 Å². The van der Waals surface area contributed by atoms with Crippen LogP contribution in [0.15, 0.2) is 48.7 Å². The number of nitrogens with one attached hydrogen (secondary N) is 2. The lowest BCUT2D eigenvalue weighted by atomic mass is 10.1. The van der Waals surface area contributed by atoms with Gasteiger partial charge in [-0.05, 0) is 30.2 Å². The van der Waals surface area contributed by atoms with Crippen molar-refractivity contribution >= 4 is 35.1 Å². The fourth-order valence-corrected chi connectivity index (χ4v) is 2.03. The third kappa shape index (κ3) is 4.55. The van der Waals surface area contributed by atoms with Gasteiger partial charge in [0.2, 0.25) is 0 Å². The number of anilines is 1. The molecule has 6 nitrogen and oxygen atoms in total. The summed E-state index contributed by atoms with van der Waals surface area (Å²) in [5.74, 6) is 0. The van der Waals surface area contributed by atoms with Crippen LogP contribution >= 0.6 is 11.6 Å². The summed E-state index contributed by atoms with van der Waals surface area (Å²) in [6.07, 6.45) is 3.24. The van der Waals surface area contributed by atoms with Gasteiger partial charge in [-0.1, -0.05) is 35.9 Å². The highest BCUT2D eigenvalue weighted by atomic mass is 35.5. The number of non-ortho nitro benzene ring substituents is 1. The SMILES string of the molecule is Cc1ccccc1/C=C/NC(=O)Nc1cc([N+](=O)[O-])ccc1Cl. The lowest BCUT2D eigenvalue weighted by molar-refractivity contribution is -0.384. The highest BCUT2D eigenvalue weighted by Gasteiger charge is 2.11. The molecule has 2 rings (SSSR count). The first-order valence-corrected chi connectivity index (χ1v) is 7.09. The van der Waals surface area contributed by atoms with E-state index in [4.69, 9.17) is 11.6 Å². The molecule has 2 amide bonds. The van der Waals surface area contributed by atoms with Crippen molar-refractivity contribution in [2.45, 2.75) is 6.92 Å². The van der Waals surface area contributed by atoms with Crippen molar-refractivity contribution in [3.8, 4) is 0 Å². The predicted molar refractivity (Wildman–Crippen MR) is 90.5 cm³/mol. The number of nitro benzene ring substituents is 1. The molecule has 0 radical (unpaired) electrons. The number of carbonyl (C=O) groups is 1. The van der Waals surface area contributed by atoms with E-state index in [0.717, 1.165) is 11.1 Å². The Morgan fingerprint density at radius 1 is 1.26 bits per heavy atom. The average molecular weight is 332 g/mol. The molecule has 0 aliphatic rings. The molecule has 0 spiro atoms. The number of urea groups is 1. The van der Waals surface area contributed by atoms with Crippen LogP contribution in [0.4, 0.5) is 16.2 Å². The second-order valence-corrected chi connectivity index (χ2v) is 5.12. The quantitative estimate of drug-likeness (QED) is 0.645. The number of hydrogen-bond donors (Lipinski definition) is 2. The van der Waals surface area contributed by atoms with Gasteiger partial charge in [0.15, 0.2) is 0 Å². The first kappa shape index (κ1) is 16.5. The predicted octanol–water partition coefficient (Wildman–Crippen LogP) is 4.35. The lowest BCUT2D eigenvalue weighted by Gasteiger charge is -2.06. The van der Waals surface area contributed by atoms with E-state index in [1.165, 1.54) is 24.4 Å². The molecule has 0 aliphatic heterocycles. The maximum Gasteiger partial charge on any atom is 0.323 e. The number of hydrogen-bond acceptors (Lipinski definition) is 3. The van der Waals surface area contributed by atoms with Gasteiger partial charge >= 0.3 is 6.03 Å². The van der Waals surface area contributed by atoms with Crippen molar-refractivity contribution in [2.24, 2.45) is 0 Å². The fourth-order valence-electron chi connectivity index (χ4n) is 1.86. The van der Waals surface area contributed by atoms with E-state index < -0.39 is 11.0 Å². The average Bonchev–Trinajstić information content (AvgIpc) is 2.51. The zero-order chi connectivity index (χ0) is 16.8. The van der Waals surface area contributed by atoms with Crippen molar-refractivity contribution in [3.05, 3.63) is 74.9 Å². The molecule has 0 aliphatic carbocycles. The van der Waals surface area contributed by atoms with Crippen LogP contribution in [0.2, 0.25) is 5.02 Å². The van der Waals surface area contributed by atoms with Gasteiger partial charge in [0, 0.05) is 18.3 Å². The van der Waals surface area contributed by atoms with Gasteiger partial charge in [-0.25, -0.2) is 4.79 Å². The number of aryl methyl sites for hydroxylation is 1. The molecule has 0 saturated heterocycles. The van der Waals surface area contributed by atoms with Crippen LogP contribution in [0.5, 0.6) is 0 Å². The molecule has 23 heavy (non-hydrogen) atoms. The molecular weight excluding hydrogens is 318 g/mol. The van der Waals surface area contributed by atoms with Crippen LogP contribution in [-0.4, -0.2) is 11.0 Å². The summed E-state index contributed by atoms with van der Waals surface area (Å²) in [5.41, 5.74) is 2.07. The number of rotatable bonds is 4. The summed E-state index contributed by atoms with van der Waals surface area (Å²) in [6, 6.07) is 11.0. The molecule has 0 bridgehead atoms. The molecule has 0 aromatic heterocycles. The van der Waals surface area contributed by atoms with Crippen LogP contribution in [0.3, 0.4) is 0 Å². The van der Waals surface area contributed by atoms with Crippen molar-refractivity contribution in [1.29, 1.82) is 0 Å². The van der Waals surface area contributed by atoms with Crippen LogP contribution in [-0.2, 0) is 0 Å². The van der Waals surface area contributed by atoms with Gasteiger partial charge in [0.1, 0.15) is 0 Å². The number of amides is 2. The van der Waals surface area contributed by atoms with E-state index in [1.54, 1.807) is 6.08 Å². The minimum atomic E-state index is -0.558. The highest BCUT2D eigenvalue weighted by Crippen LogP contribution is 2.26. The Morgan fingerprint density at radius 3 is 2.70 bits per heavy atom. The molecule has 0 saturated carbocycles. The van der Waals surface area contributed by atoms with E-state index in [1.807, 2.05) is 31.2 Å². The number of nitro groups is 1. The Kier molecular flexibility index (Phi) is 5.32. The summed E-state index contributed by atoms with van der Waals surface area (Å²) in [4.78, 5) is 22.0. The van der Waals surface area contributed by atoms with E-state index in [2.05, 4.69) is 10.6 Å². The molecule has 2 aromatic rings. The largest absolute Gasteiger partial charge is 0.323 e. The summed E-state index contributed by atoms with van der Waals surface area (Å²) < 4.78 is 0. The number of benzene rings is 2. The Labute approximate surface area is 137 Å². The first-order chi connectivity index (χ1) is 11.0. The van der Waals surface area contributed by atoms with E-state index in [9.17, 15) is 14.9 Å². The molecule has 7 heteroatoms. The number of nitrogens with zero attached hydrogens (tertiary/aromatic N) is 1. The summed E-state index contributed by atoms with van der Waals surface area (Å²) in [5, 5.41) is 15.9. The maximum absolute atomic E-state index is 11.8. The maximum atomic E-state index is 11.8. The molecular formula is C16H14ClN3O3. The zero-order valence-electron chi connectivity index (χ0n) is 12.2. The molecule has 0 heterocycles. The van der Waals surface area contributed by atoms with Crippen molar-refractivity contribution < 1.29 is 9.72 Å². The second-order valence-electron chi connectivity index (χ2n) is 4.71. The smallest absolute Gasteiger partial charge is 0.314 e. The third-order valence-corrected chi connectivity index (χ3v) is 3.40. The number of carbonyl (C=O) groups excluding carboxylic acids is 1. The molecule has 0 fully saturated rings. The zero-order valence-corrected chi connectivity index (χ0v) is 13.0. The van der Waals surface area contributed by atoms with Crippen molar-refractivity contribution in [1.82, 2.24) is 5.32 Å². The Bertz CT molecular complexity index is 775. The van der Waals surface area contributed by atoms with Crippen molar-refractivity contribution in [3.63, 3.8) is 0 Å². The summed E-state index contributed by atoms with van der Waals surface area (Å²) in [7, 11) is 0. The first-order valence-electron chi connectivity index (χ1n) is 6.71. The lowest BCUT2D eigenvalue weighted by Crippen LogP contribution is -2.23. The Morgan fingerprint density at radius 2 is 2.00 bits per heavy atom. The highest BCUT2D eigenvalue weighted by molar-refractivity contribution is 6.33. The Balaban J connectivity index is 2.01. The second kappa shape index (κ2) is 7.42. The van der Waals surface area contributed by atoms with Gasteiger partial charge < -0.3 is 10.6 Å².